The minimum atomic E-state index is -0.415. The molecule has 1 aromatic carbocycles. The van der Waals surface area contributed by atoms with Crippen LogP contribution in [0.1, 0.15) is 5.76 Å². The maximum absolute atomic E-state index is 12.2. The van der Waals surface area contributed by atoms with E-state index >= 15 is 0 Å². The molecule has 1 amide bonds. The second-order valence-electron chi connectivity index (χ2n) is 5.77. The number of carbonyl (C=O) groups excluding carboxylic acids is 1. The summed E-state index contributed by atoms with van der Waals surface area (Å²) in [5.74, 6) is 0.952. The third-order valence-electron chi connectivity index (χ3n) is 4.24. The van der Waals surface area contributed by atoms with Crippen molar-refractivity contribution in [2.75, 3.05) is 38.2 Å². The molecular weight excluding hydrogens is 338 g/mol. The molecule has 0 aliphatic carbocycles. The van der Waals surface area contributed by atoms with E-state index in [-0.39, 0.29) is 11.6 Å². The fraction of sp³-hybridized carbons (Fsp3) is 0.278. The van der Waals surface area contributed by atoms with E-state index in [0.717, 1.165) is 0 Å². The number of hydrogen-bond acceptors (Lipinski definition) is 6. The highest BCUT2D eigenvalue weighted by Crippen LogP contribution is 2.32. The highest BCUT2D eigenvalue weighted by Gasteiger charge is 2.25. The normalized spacial score (nSPS) is 14.7. The van der Waals surface area contributed by atoms with Crippen molar-refractivity contribution in [1.82, 2.24) is 4.90 Å². The lowest BCUT2D eigenvalue weighted by Crippen LogP contribution is -2.48. The van der Waals surface area contributed by atoms with E-state index < -0.39 is 4.92 Å². The number of hydrogen-bond donors (Lipinski definition) is 0. The number of methoxy groups -OCH3 is 1. The van der Waals surface area contributed by atoms with Crippen LogP contribution in [0.4, 0.5) is 11.4 Å². The van der Waals surface area contributed by atoms with Crippen molar-refractivity contribution in [3.63, 3.8) is 0 Å². The predicted molar refractivity (Wildman–Crippen MR) is 96.2 cm³/mol. The summed E-state index contributed by atoms with van der Waals surface area (Å²) in [6.45, 7) is 2.02. The van der Waals surface area contributed by atoms with Crippen molar-refractivity contribution in [1.29, 1.82) is 0 Å². The van der Waals surface area contributed by atoms with Crippen LogP contribution in [-0.4, -0.2) is 49.0 Å². The fourth-order valence-corrected chi connectivity index (χ4v) is 2.86. The van der Waals surface area contributed by atoms with Gasteiger partial charge in [-0.25, -0.2) is 0 Å². The van der Waals surface area contributed by atoms with Gasteiger partial charge in [0, 0.05) is 32.3 Å². The third kappa shape index (κ3) is 3.85. The van der Waals surface area contributed by atoms with Crippen LogP contribution in [0.3, 0.4) is 0 Å². The number of rotatable bonds is 5. The molecule has 0 bridgehead atoms. The number of nitrogens with zero attached hydrogens (tertiary/aromatic N) is 3. The molecule has 0 spiro atoms. The first kappa shape index (κ1) is 17.5. The second-order valence-corrected chi connectivity index (χ2v) is 5.77. The minimum absolute atomic E-state index is 0.00171. The molecule has 1 aliphatic heterocycles. The molecule has 8 heteroatoms. The van der Waals surface area contributed by atoms with Gasteiger partial charge in [-0.2, -0.15) is 0 Å². The van der Waals surface area contributed by atoms with Gasteiger partial charge in [0.25, 0.3) is 5.69 Å². The van der Waals surface area contributed by atoms with E-state index in [1.54, 1.807) is 41.5 Å². The quantitative estimate of drug-likeness (QED) is 0.464. The smallest absolute Gasteiger partial charge is 0.296 e. The topological polar surface area (TPSA) is 89.1 Å². The van der Waals surface area contributed by atoms with Crippen LogP contribution in [-0.2, 0) is 4.79 Å². The molecular formula is C18H19N3O5. The van der Waals surface area contributed by atoms with Crippen LogP contribution in [0.2, 0.25) is 0 Å². The number of nitro benzene ring substituents is 1. The van der Waals surface area contributed by atoms with Crippen molar-refractivity contribution < 1.29 is 18.9 Å². The zero-order valence-electron chi connectivity index (χ0n) is 14.3. The Morgan fingerprint density at radius 3 is 2.65 bits per heavy atom. The molecule has 0 radical (unpaired) electrons. The number of nitro groups is 1. The van der Waals surface area contributed by atoms with Crippen molar-refractivity contribution in [2.45, 2.75) is 0 Å². The Morgan fingerprint density at radius 1 is 1.27 bits per heavy atom. The van der Waals surface area contributed by atoms with E-state index in [0.29, 0.717) is 43.4 Å². The molecule has 0 N–H and O–H groups in total. The van der Waals surface area contributed by atoms with Gasteiger partial charge >= 0.3 is 0 Å². The third-order valence-corrected chi connectivity index (χ3v) is 4.24. The SMILES string of the molecule is COc1ccc(N2CCN(C(=O)/C=C/c3ccco3)CC2)c([N+](=O)[O-])c1. The first-order valence-electron chi connectivity index (χ1n) is 8.16. The lowest BCUT2D eigenvalue weighted by atomic mass is 10.2. The Hall–Kier alpha value is -3.29. The van der Waals surface area contributed by atoms with E-state index in [9.17, 15) is 14.9 Å². The number of benzene rings is 1. The van der Waals surface area contributed by atoms with Gasteiger partial charge in [0.05, 0.1) is 24.4 Å². The molecule has 8 nitrogen and oxygen atoms in total. The van der Waals surface area contributed by atoms with Crippen LogP contribution < -0.4 is 9.64 Å². The number of amides is 1. The molecule has 26 heavy (non-hydrogen) atoms. The summed E-state index contributed by atoms with van der Waals surface area (Å²) in [5, 5.41) is 11.3. The molecule has 1 fully saturated rings. The molecule has 0 atom stereocenters. The zero-order valence-corrected chi connectivity index (χ0v) is 14.3. The number of furan rings is 1. The summed E-state index contributed by atoms with van der Waals surface area (Å²) in [5.41, 5.74) is 0.538. The first-order valence-corrected chi connectivity index (χ1v) is 8.16. The summed E-state index contributed by atoms with van der Waals surface area (Å²) >= 11 is 0. The Balaban J connectivity index is 1.65. The van der Waals surface area contributed by atoms with Crippen LogP contribution in [0, 0.1) is 10.1 Å². The Labute approximate surface area is 150 Å². The second kappa shape index (κ2) is 7.73. The Kier molecular flexibility index (Phi) is 5.21. The van der Waals surface area contributed by atoms with Crippen LogP contribution in [0.25, 0.3) is 6.08 Å². The molecule has 2 aromatic rings. The average Bonchev–Trinajstić information content (AvgIpc) is 3.19. The molecule has 2 heterocycles. The fourth-order valence-electron chi connectivity index (χ4n) is 2.86. The number of piperazine rings is 1. The van der Waals surface area contributed by atoms with Gasteiger partial charge in [-0.05, 0) is 30.3 Å². The molecule has 0 saturated carbocycles. The highest BCUT2D eigenvalue weighted by atomic mass is 16.6. The number of carbonyl (C=O) groups is 1. The van der Waals surface area contributed by atoms with E-state index in [4.69, 9.17) is 9.15 Å². The van der Waals surface area contributed by atoms with E-state index in [1.165, 1.54) is 19.3 Å². The lowest BCUT2D eigenvalue weighted by Gasteiger charge is -2.35. The number of ether oxygens (including phenoxy) is 1. The molecule has 136 valence electrons. The monoisotopic (exact) mass is 357 g/mol. The van der Waals surface area contributed by atoms with E-state index in [2.05, 4.69) is 0 Å². The number of anilines is 1. The summed E-state index contributed by atoms with van der Waals surface area (Å²) in [6, 6.07) is 8.32. The van der Waals surface area contributed by atoms with Gasteiger partial charge in [-0.3, -0.25) is 14.9 Å². The van der Waals surface area contributed by atoms with Crippen molar-refractivity contribution in [2.24, 2.45) is 0 Å². The summed E-state index contributed by atoms with van der Waals surface area (Å²) < 4.78 is 10.2. The van der Waals surface area contributed by atoms with Crippen molar-refractivity contribution in [3.8, 4) is 5.75 Å². The van der Waals surface area contributed by atoms with Gasteiger partial charge in [0.2, 0.25) is 5.91 Å². The summed E-state index contributed by atoms with van der Waals surface area (Å²) in [6.07, 6.45) is 4.65. The van der Waals surface area contributed by atoms with Crippen LogP contribution in [0.15, 0.2) is 47.1 Å². The largest absolute Gasteiger partial charge is 0.496 e. The molecule has 0 unspecified atom stereocenters. The highest BCUT2D eigenvalue weighted by molar-refractivity contribution is 5.91. The minimum Gasteiger partial charge on any atom is -0.496 e. The molecule has 1 saturated heterocycles. The van der Waals surface area contributed by atoms with E-state index in [1.807, 2.05) is 4.90 Å². The Bertz CT molecular complexity index is 808. The predicted octanol–water partition coefficient (Wildman–Crippen LogP) is 2.56. The van der Waals surface area contributed by atoms with Gasteiger partial charge < -0.3 is 19.0 Å². The van der Waals surface area contributed by atoms with Crippen molar-refractivity contribution >= 4 is 23.4 Å². The standard InChI is InChI=1S/C18H19N3O5/c1-25-15-4-6-16(17(13-15)21(23)24)19-8-10-20(11-9-19)18(22)7-5-14-3-2-12-26-14/h2-7,12-13H,8-11H2,1H3/b7-5+. The maximum atomic E-state index is 12.2. The van der Waals surface area contributed by atoms with Crippen molar-refractivity contribution in [3.05, 3.63) is 58.5 Å². The summed E-state index contributed by atoms with van der Waals surface area (Å²) in [4.78, 5) is 26.8. The molecule has 3 rings (SSSR count). The zero-order chi connectivity index (χ0) is 18.5. The average molecular weight is 357 g/mol. The first-order chi connectivity index (χ1) is 12.6. The molecule has 1 aromatic heterocycles. The molecule has 1 aliphatic rings. The lowest BCUT2D eigenvalue weighted by molar-refractivity contribution is -0.384. The van der Waals surface area contributed by atoms with Gasteiger partial charge in [0.15, 0.2) is 0 Å². The van der Waals surface area contributed by atoms with Gasteiger partial charge in [0.1, 0.15) is 17.2 Å². The van der Waals surface area contributed by atoms with Crippen LogP contribution in [0.5, 0.6) is 5.75 Å². The van der Waals surface area contributed by atoms with Crippen LogP contribution >= 0.6 is 0 Å². The Morgan fingerprint density at radius 2 is 2.04 bits per heavy atom. The maximum Gasteiger partial charge on any atom is 0.296 e. The van der Waals surface area contributed by atoms with Gasteiger partial charge in [-0.1, -0.05) is 0 Å². The van der Waals surface area contributed by atoms with Gasteiger partial charge in [-0.15, -0.1) is 0 Å². The summed E-state index contributed by atoms with van der Waals surface area (Å²) in [7, 11) is 1.47.